The van der Waals surface area contributed by atoms with Gasteiger partial charge in [-0.15, -0.1) is 0 Å². The van der Waals surface area contributed by atoms with E-state index >= 15 is 0 Å². The summed E-state index contributed by atoms with van der Waals surface area (Å²) in [5.74, 6) is 1.48. The van der Waals surface area contributed by atoms with Gasteiger partial charge in [-0.25, -0.2) is 0 Å². The Balaban J connectivity index is 2.38. The molecule has 4 nitrogen and oxygen atoms in total. The molecule has 114 valence electrons. The number of furan rings is 1. The predicted octanol–water partition coefficient (Wildman–Crippen LogP) is 4.04. The second-order valence-corrected chi connectivity index (χ2v) is 4.79. The van der Waals surface area contributed by atoms with Crippen molar-refractivity contribution in [2.24, 2.45) is 0 Å². The van der Waals surface area contributed by atoms with Gasteiger partial charge >= 0.3 is 0 Å². The van der Waals surface area contributed by atoms with Crippen molar-refractivity contribution in [2.75, 3.05) is 20.3 Å². The van der Waals surface area contributed by atoms with Crippen molar-refractivity contribution in [3.8, 4) is 11.5 Å². The number of benzene rings is 1. The van der Waals surface area contributed by atoms with E-state index in [0.717, 1.165) is 22.6 Å². The van der Waals surface area contributed by atoms with Crippen LogP contribution in [-0.4, -0.2) is 20.3 Å². The molecule has 5 heteroatoms. The van der Waals surface area contributed by atoms with Gasteiger partial charge in [-0.2, -0.15) is 0 Å². The fourth-order valence-corrected chi connectivity index (χ4v) is 2.48. The molecule has 0 radical (unpaired) electrons. The van der Waals surface area contributed by atoms with Gasteiger partial charge in [-0.3, -0.25) is 0 Å². The first-order valence-corrected chi connectivity index (χ1v) is 7.38. The monoisotopic (exact) mass is 309 g/mol. The summed E-state index contributed by atoms with van der Waals surface area (Å²) in [6, 6.07) is 7.69. The van der Waals surface area contributed by atoms with Crippen molar-refractivity contribution >= 4 is 11.6 Å². The third-order valence-corrected chi connectivity index (χ3v) is 3.45. The third kappa shape index (κ3) is 3.52. The number of ether oxygens (including phenoxy) is 2. The van der Waals surface area contributed by atoms with E-state index < -0.39 is 0 Å². The van der Waals surface area contributed by atoms with Gasteiger partial charge in [0.2, 0.25) is 0 Å². The molecule has 1 atom stereocenters. The number of halogens is 1. The zero-order valence-electron chi connectivity index (χ0n) is 12.5. The molecule has 0 saturated heterocycles. The Kier molecular flexibility index (Phi) is 5.53. The lowest BCUT2D eigenvalue weighted by atomic mass is 10.0. The molecule has 0 aliphatic carbocycles. The Bertz CT molecular complexity index is 583. The summed E-state index contributed by atoms with van der Waals surface area (Å²) < 4.78 is 16.4. The summed E-state index contributed by atoms with van der Waals surface area (Å²) in [5, 5.41) is 3.63. The van der Waals surface area contributed by atoms with Gasteiger partial charge in [0.15, 0.2) is 16.7 Å². The lowest BCUT2D eigenvalue weighted by Gasteiger charge is -2.18. The van der Waals surface area contributed by atoms with E-state index in [0.29, 0.717) is 18.4 Å². The maximum atomic E-state index is 6.08. The van der Waals surface area contributed by atoms with Crippen LogP contribution in [0.15, 0.2) is 34.9 Å². The lowest BCUT2D eigenvalue weighted by Crippen LogP contribution is -2.17. The van der Waals surface area contributed by atoms with Crippen LogP contribution in [0, 0.1) is 0 Å². The quantitative estimate of drug-likeness (QED) is 0.838. The molecule has 0 amide bonds. The minimum atomic E-state index is -0.0638. The van der Waals surface area contributed by atoms with Gasteiger partial charge < -0.3 is 19.2 Å². The van der Waals surface area contributed by atoms with Crippen molar-refractivity contribution in [3.63, 3.8) is 0 Å². The normalized spacial score (nSPS) is 12.2. The summed E-state index contributed by atoms with van der Waals surface area (Å²) in [4.78, 5) is 0. The largest absolute Gasteiger partial charge is 0.490 e. The number of hydrogen-bond acceptors (Lipinski definition) is 4. The van der Waals surface area contributed by atoms with Crippen molar-refractivity contribution in [1.29, 1.82) is 0 Å². The molecule has 1 aromatic carbocycles. The van der Waals surface area contributed by atoms with Crippen LogP contribution in [-0.2, 0) is 0 Å². The highest BCUT2D eigenvalue weighted by Crippen LogP contribution is 2.34. The molecular formula is C16H20ClNO3. The highest BCUT2D eigenvalue weighted by atomic mass is 35.5. The summed E-state index contributed by atoms with van der Waals surface area (Å²) in [5.41, 5.74) is 1.93. The van der Waals surface area contributed by atoms with Crippen LogP contribution in [0.1, 0.15) is 31.0 Å². The zero-order valence-corrected chi connectivity index (χ0v) is 13.2. The molecule has 1 N–H and O–H groups in total. The molecule has 0 aliphatic heterocycles. The van der Waals surface area contributed by atoms with Crippen LogP contribution < -0.4 is 14.8 Å². The average Bonchev–Trinajstić information content (AvgIpc) is 2.89. The van der Waals surface area contributed by atoms with E-state index in [2.05, 4.69) is 5.32 Å². The molecule has 0 aliphatic rings. The Morgan fingerprint density at radius 3 is 2.43 bits per heavy atom. The van der Waals surface area contributed by atoms with E-state index in [9.17, 15) is 0 Å². The summed E-state index contributed by atoms with van der Waals surface area (Å²) in [7, 11) is 1.88. The van der Waals surface area contributed by atoms with E-state index in [-0.39, 0.29) is 6.04 Å². The smallest absolute Gasteiger partial charge is 0.198 e. The van der Waals surface area contributed by atoms with Gasteiger partial charge in [0.1, 0.15) is 0 Å². The average molecular weight is 310 g/mol. The minimum absolute atomic E-state index is 0.0638. The summed E-state index contributed by atoms with van der Waals surface area (Å²) in [6.07, 6.45) is 1.58. The fraction of sp³-hybridized carbons (Fsp3) is 0.375. The van der Waals surface area contributed by atoms with Gasteiger partial charge in [0.05, 0.1) is 25.5 Å². The van der Waals surface area contributed by atoms with Crippen molar-refractivity contribution < 1.29 is 13.9 Å². The fourth-order valence-electron chi connectivity index (χ4n) is 2.26. The first-order chi connectivity index (χ1) is 10.2. The van der Waals surface area contributed by atoms with Crippen LogP contribution in [0.2, 0.25) is 5.22 Å². The molecular weight excluding hydrogens is 290 g/mol. The van der Waals surface area contributed by atoms with Gasteiger partial charge in [-0.1, -0.05) is 6.07 Å². The molecule has 0 bridgehead atoms. The number of rotatable bonds is 7. The first kappa shape index (κ1) is 15.7. The van der Waals surface area contributed by atoms with Gasteiger partial charge in [-0.05, 0) is 56.3 Å². The van der Waals surface area contributed by atoms with Crippen LogP contribution in [0.25, 0.3) is 0 Å². The Morgan fingerprint density at radius 2 is 1.86 bits per heavy atom. The Morgan fingerprint density at radius 1 is 1.14 bits per heavy atom. The van der Waals surface area contributed by atoms with Gasteiger partial charge in [0.25, 0.3) is 0 Å². The molecule has 0 fully saturated rings. The standard InChI is InChI=1S/C16H20ClNO3/c1-4-19-13-7-6-11(10-14(13)20-5-2)15(18-3)12-8-9-21-16(12)17/h6-10,15,18H,4-5H2,1-3H3. The van der Waals surface area contributed by atoms with E-state index in [1.165, 1.54) is 0 Å². The molecule has 2 rings (SSSR count). The zero-order chi connectivity index (χ0) is 15.2. The molecule has 21 heavy (non-hydrogen) atoms. The van der Waals surface area contributed by atoms with Crippen LogP contribution in [0.4, 0.5) is 0 Å². The van der Waals surface area contributed by atoms with Gasteiger partial charge in [0, 0.05) is 5.56 Å². The molecule has 2 aromatic rings. The van der Waals surface area contributed by atoms with Crippen LogP contribution >= 0.6 is 11.6 Å². The molecule has 1 unspecified atom stereocenters. The van der Waals surface area contributed by atoms with E-state index in [1.807, 2.05) is 45.2 Å². The van der Waals surface area contributed by atoms with Crippen molar-refractivity contribution in [3.05, 3.63) is 46.9 Å². The highest BCUT2D eigenvalue weighted by Gasteiger charge is 2.19. The summed E-state index contributed by atoms with van der Waals surface area (Å²) in [6.45, 7) is 5.08. The molecule has 1 aromatic heterocycles. The number of nitrogens with one attached hydrogen (secondary N) is 1. The molecule has 0 saturated carbocycles. The second kappa shape index (κ2) is 7.38. The first-order valence-electron chi connectivity index (χ1n) is 7.00. The lowest BCUT2D eigenvalue weighted by molar-refractivity contribution is 0.287. The van der Waals surface area contributed by atoms with E-state index in [1.54, 1.807) is 6.26 Å². The third-order valence-electron chi connectivity index (χ3n) is 3.15. The topological polar surface area (TPSA) is 43.6 Å². The number of hydrogen-bond donors (Lipinski definition) is 1. The van der Waals surface area contributed by atoms with Crippen LogP contribution in [0.3, 0.4) is 0 Å². The maximum absolute atomic E-state index is 6.08. The summed E-state index contributed by atoms with van der Waals surface area (Å²) >= 11 is 6.08. The highest BCUT2D eigenvalue weighted by molar-refractivity contribution is 6.29. The Hall–Kier alpha value is -1.65. The van der Waals surface area contributed by atoms with Crippen molar-refractivity contribution in [1.82, 2.24) is 5.32 Å². The molecule has 0 spiro atoms. The predicted molar refractivity (Wildman–Crippen MR) is 83.4 cm³/mol. The molecule has 1 heterocycles. The Labute approximate surface area is 130 Å². The van der Waals surface area contributed by atoms with E-state index in [4.69, 9.17) is 25.5 Å². The van der Waals surface area contributed by atoms with Crippen LogP contribution in [0.5, 0.6) is 11.5 Å². The SMILES string of the molecule is CCOc1ccc(C(NC)c2ccoc2Cl)cc1OCC. The maximum Gasteiger partial charge on any atom is 0.198 e. The minimum Gasteiger partial charge on any atom is -0.490 e. The van der Waals surface area contributed by atoms with Crippen molar-refractivity contribution in [2.45, 2.75) is 19.9 Å². The second-order valence-electron chi connectivity index (χ2n) is 4.44.